The Labute approximate surface area is 201 Å². The predicted octanol–water partition coefficient (Wildman–Crippen LogP) is 3.76. The Hall–Kier alpha value is -3.19. The molecule has 0 spiro atoms. The molecule has 1 unspecified atom stereocenters. The van der Waals surface area contributed by atoms with Crippen LogP contribution in [-0.4, -0.2) is 47.3 Å². The Kier molecular flexibility index (Phi) is 6.63. The van der Waals surface area contributed by atoms with Gasteiger partial charge in [0.2, 0.25) is 5.95 Å². The number of nitrogens with zero attached hydrogens (tertiary/aromatic N) is 5. The monoisotopic (exact) mass is 458 g/mol. The molecule has 178 valence electrons. The minimum atomic E-state index is -0.0537. The highest BCUT2D eigenvalue weighted by molar-refractivity contribution is 5.59. The molecule has 1 aliphatic carbocycles. The number of rotatable bonds is 5. The molecule has 5 rings (SSSR count). The van der Waals surface area contributed by atoms with E-state index in [9.17, 15) is 4.79 Å². The van der Waals surface area contributed by atoms with E-state index in [1.807, 2.05) is 12.1 Å². The van der Waals surface area contributed by atoms with Gasteiger partial charge in [0.1, 0.15) is 0 Å². The lowest BCUT2D eigenvalue weighted by Crippen LogP contribution is -2.47. The Balaban J connectivity index is 1.34. The average molecular weight is 459 g/mol. The first-order valence-electron chi connectivity index (χ1n) is 12.4. The molecule has 2 aromatic heterocycles. The Bertz CT molecular complexity index is 1150. The molecule has 1 atom stereocenters. The average Bonchev–Trinajstić information content (AvgIpc) is 2.91. The van der Waals surface area contributed by atoms with Crippen molar-refractivity contribution in [3.8, 4) is 11.3 Å². The van der Waals surface area contributed by atoms with E-state index >= 15 is 0 Å². The maximum Gasteiger partial charge on any atom is 0.255 e. The summed E-state index contributed by atoms with van der Waals surface area (Å²) in [6, 6.07) is 15.2. The fraction of sp³-hybridized carbons (Fsp3) is 0.444. The van der Waals surface area contributed by atoms with Gasteiger partial charge in [-0.1, -0.05) is 31.4 Å². The van der Waals surface area contributed by atoms with Crippen LogP contribution in [0.1, 0.15) is 43.7 Å². The molecule has 1 saturated heterocycles. The quantitative estimate of drug-likeness (QED) is 0.628. The Morgan fingerprint density at radius 2 is 1.76 bits per heavy atom. The van der Waals surface area contributed by atoms with Crippen LogP contribution in [0, 0.1) is 0 Å². The number of benzene rings is 1. The van der Waals surface area contributed by atoms with Crippen molar-refractivity contribution in [2.75, 3.05) is 36.5 Å². The van der Waals surface area contributed by atoms with Gasteiger partial charge in [-0.25, -0.2) is 4.98 Å². The minimum absolute atomic E-state index is 0.0537. The van der Waals surface area contributed by atoms with Gasteiger partial charge in [-0.2, -0.15) is 0 Å². The first-order chi connectivity index (χ1) is 16.6. The van der Waals surface area contributed by atoms with Crippen molar-refractivity contribution in [1.82, 2.24) is 19.9 Å². The molecule has 0 bridgehead atoms. The van der Waals surface area contributed by atoms with Crippen LogP contribution < -0.4 is 20.7 Å². The van der Waals surface area contributed by atoms with Crippen molar-refractivity contribution < 1.29 is 0 Å². The summed E-state index contributed by atoms with van der Waals surface area (Å²) in [5.74, 6) is 0.708. The second-order valence-electron chi connectivity index (χ2n) is 9.52. The van der Waals surface area contributed by atoms with E-state index in [1.54, 1.807) is 30.1 Å². The third kappa shape index (κ3) is 4.71. The third-order valence-electron chi connectivity index (χ3n) is 7.37. The molecule has 0 amide bonds. The van der Waals surface area contributed by atoms with Crippen LogP contribution in [-0.2, 0) is 7.05 Å². The van der Waals surface area contributed by atoms with Crippen LogP contribution in [0.5, 0.6) is 0 Å². The molecular weight excluding hydrogens is 424 g/mol. The summed E-state index contributed by atoms with van der Waals surface area (Å²) in [4.78, 5) is 26.3. The molecule has 1 aliphatic heterocycles. The minimum Gasteiger partial charge on any atom is -0.372 e. The normalized spacial score (nSPS) is 19.2. The lowest BCUT2D eigenvalue weighted by Gasteiger charge is -2.36. The number of hydrogen-bond donors (Lipinski definition) is 1. The van der Waals surface area contributed by atoms with Crippen molar-refractivity contribution in [1.29, 1.82) is 0 Å². The molecule has 1 N–H and O–H groups in total. The summed E-state index contributed by atoms with van der Waals surface area (Å²) in [6.45, 7) is 2.40. The van der Waals surface area contributed by atoms with Crippen LogP contribution in [0.25, 0.3) is 11.3 Å². The predicted molar refractivity (Wildman–Crippen MR) is 137 cm³/mol. The number of nitrogens with one attached hydrogen (secondary N) is 1. The van der Waals surface area contributed by atoms with Gasteiger partial charge in [0.25, 0.3) is 5.56 Å². The van der Waals surface area contributed by atoms with Gasteiger partial charge in [0, 0.05) is 75.5 Å². The van der Waals surface area contributed by atoms with Gasteiger partial charge in [-0.3, -0.25) is 14.3 Å². The number of hydrogen-bond acceptors (Lipinski definition) is 6. The Morgan fingerprint density at radius 1 is 1.03 bits per heavy atom. The van der Waals surface area contributed by atoms with Gasteiger partial charge in [-0.05, 0) is 42.7 Å². The summed E-state index contributed by atoms with van der Waals surface area (Å²) in [5, 5.41) is 3.65. The molecule has 1 aromatic carbocycles. The summed E-state index contributed by atoms with van der Waals surface area (Å²) in [7, 11) is 4.03. The van der Waals surface area contributed by atoms with Gasteiger partial charge < -0.3 is 15.1 Å². The van der Waals surface area contributed by atoms with Crippen molar-refractivity contribution in [2.45, 2.75) is 44.2 Å². The zero-order chi connectivity index (χ0) is 23.5. The number of pyridine rings is 1. The van der Waals surface area contributed by atoms with E-state index in [-0.39, 0.29) is 11.6 Å². The van der Waals surface area contributed by atoms with Crippen molar-refractivity contribution in [3.63, 3.8) is 0 Å². The van der Waals surface area contributed by atoms with Crippen LogP contribution in [0.2, 0.25) is 0 Å². The molecule has 2 aliphatic rings. The smallest absolute Gasteiger partial charge is 0.255 e. The molecular formula is C27H34N6O. The van der Waals surface area contributed by atoms with E-state index in [1.165, 1.54) is 43.4 Å². The van der Waals surface area contributed by atoms with Gasteiger partial charge in [-0.15, -0.1) is 0 Å². The highest BCUT2D eigenvalue weighted by Crippen LogP contribution is 2.28. The first kappa shape index (κ1) is 22.6. The topological polar surface area (TPSA) is 66.3 Å². The summed E-state index contributed by atoms with van der Waals surface area (Å²) in [6.07, 6.45) is 10.1. The molecule has 34 heavy (non-hydrogen) atoms. The fourth-order valence-corrected chi connectivity index (χ4v) is 5.26. The van der Waals surface area contributed by atoms with Crippen LogP contribution >= 0.6 is 0 Å². The molecule has 2 fully saturated rings. The van der Waals surface area contributed by atoms with E-state index in [0.717, 1.165) is 25.2 Å². The number of aromatic nitrogens is 3. The molecule has 0 radical (unpaired) electrons. The van der Waals surface area contributed by atoms with E-state index < -0.39 is 0 Å². The highest BCUT2D eigenvalue weighted by atomic mass is 16.1. The molecule has 3 heterocycles. The third-order valence-corrected chi connectivity index (χ3v) is 7.37. The summed E-state index contributed by atoms with van der Waals surface area (Å²) >= 11 is 0. The largest absolute Gasteiger partial charge is 0.372 e. The van der Waals surface area contributed by atoms with Crippen LogP contribution in [0.4, 0.5) is 11.6 Å². The van der Waals surface area contributed by atoms with E-state index in [0.29, 0.717) is 17.7 Å². The van der Waals surface area contributed by atoms with Crippen molar-refractivity contribution in [3.05, 3.63) is 70.8 Å². The van der Waals surface area contributed by atoms with Crippen LogP contribution in [0.15, 0.2) is 59.7 Å². The maximum atomic E-state index is 12.7. The highest BCUT2D eigenvalue weighted by Gasteiger charge is 2.25. The maximum absolute atomic E-state index is 12.7. The Morgan fingerprint density at radius 3 is 2.50 bits per heavy atom. The number of piperazine rings is 1. The molecule has 1 saturated carbocycles. The molecule has 7 nitrogen and oxygen atoms in total. The van der Waals surface area contributed by atoms with E-state index in [2.05, 4.69) is 51.4 Å². The SMILES string of the molecule is CN(c1ccc(C2CN(c3nc(-c4ccncc4)cc(=O)n3C)CCN2)cc1)C1CCCCC1. The second-order valence-corrected chi connectivity index (χ2v) is 9.52. The zero-order valence-corrected chi connectivity index (χ0v) is 20.2. The molecule has 3 aromatic rings. The van der Waals surface area contributed by atoms with Crippen molar-refractivity contribution in [2.24, 2.45) is 7.05 Å². The van der Waals surface area contributed by atoms with Gasteiger partial charge in [0.05, 0.1) is 5.69 Å². The summed E-state index contributed by atoms with van der Waals surface area (Å²) in [5.41, 5.74) is 4.09. The number of anilines is 2. The van der Waals surface area contributed by atoms with E-state index in [4.69, 9.17) is 4.98 Å². The second kappa shape index (κ2) is 9.97. The lowest BCUT2D eigenvalue weighted by molar-refractivity contribution is 0.427. The zero-order valence-electron chi connectivity index (χ0n) is 20.2. The standard InChI is InChI=1S/C27H34N6O/c1-31(22-6-4-3-5-7-22)23-10-8-20(9-11-23)25-19-33(17-16-29-25)27-30-24(18-26(34)32(27)2)21-12-14-28-15-13-21/h8-15,18,22,25,29H,3-7,16-17,19H2,1-2H3. The van der Waals surface area contributed by atoms with Gasteiger partial charge >= 0.3 is 0 Å². The lowest BCUT2D eigenvalue weighted by atomic mass is 9.94. The van der Waals surface area contributed by atoms with Crippen molar-refractivity contribution >= 4 is 11.6 Å². The fourth-order valence-electron chi connectivity index (χ4n) is 5.26. The van der Waals surface area contributed by atoms with Crippen LogP contribution in [0.3, 0.4) is 0 Å². The van der Waals surface area contributed by atoms with Gasteiger partial charge in [0.15, 0.2) is 0 Å². The molecule has 7 heteroatoms. The summed E-state index contributed by atoms with van der Waals surface area (Å²) < 4.78 is 1.65. The first-order valence-corrected chi connectivity index (χ1v) is 12.4.